The highest BCUT2D eigenvalue weighted by molar-refractivity contribution is 8.10. The van der Waals surface area contributed by atoms with Crippen LogP contribution < -0.4 is 4.74 Å². The first kappa shape index (κ1) is 21.1. The lowest BCUT2D eigenvalue weighted by atomic mass is 10.0. The molecule has 0 spiro atoms. The number of benzene rings is 1. The van der Waals surface area contributed by atoms with Crippen LogP contribution in [0.5, 0.6) is 5.75 Å². The number of nitrogens with zero attached hydrogens (tertiary/aromatic N) is 1. The Kier molecular flexibility index (Phi) is 8.92. The number of aliphatic hydroxyl groups excluding tert-OH is 5. The van der Waals surface area contributed by atoms with E-state index in [1.165, 1.54) is 4.90 Å². The molecule has 0 saturated heterocycles. The van der Waals surface area contributed by atoms with Crippen molar-refractivity contribution in [2.75, 3.05) is 20.3 Å². The molecule has 0 bridgehead atoms. The van der Waals surface area contributed by atoms with Gasteiger partial charge >= 0.3 is 0 Å². The van der Waals surface area contributed by atoms with E-state index in [1.807, 2.05) is 12.1 Å². The highest BCUT2D eigenvalue weighted by atomic mass is 32.1. The molecule has 0 aliphatic rings. The standard InChI is InChI=1S/C15H23NO6S2/c1-22-10-4-2-9(3-5-10)6-16(15(23)24)7-11(18)13(20)14(21)12(19)8-17/h2-5,11-14,17-21H,6-8H2,1H3,(H,23,24)/t11-,12+,13-,14-/m1/s1. The van der Waals surface area contributed by atoms with Gasteiger partial charge in [-0.05, 0) is 17.7 Å². The number of ether oxygens (including phenoxy) is 1. The van der Waals surface area contributed by atoms with Gasteiger partial charge in [-0.2, -0.15) is 0 Å². The SMILES string of the molecule is COc1ccc(CN(C[C@@H](O)[C@@H](O)[C@H](O)[C@@H](O)CO)C(=S)S)cc1. The van der Waals surface area contributed by atoms with Crippen LogP contribution >= 0.6 is 24.8 Å². The third kappa shape index (κ3) is 6.17. The molecule has 0 radical (unpaired) electrons. The first-order valence-corrected chi connectivity index (χ1v) is 8.09. The molecule has 24 heavy (non-hydrogen) atoms. The van der Waals surface area contributed by atoms with Crippen LogP contribution in [0.1, 0.15) is 5.56 Å². The maximum absolute atomic E-state index is 10.1. The zero-order chi connectivity index (χ0) is 18.3. The summed E-state index contributed by atoms with van der Waals surface area (Å²) in [6.07, 6.45) is -6.27. The summed E-state index contributed by atoms with van der Waals surface area (Å²) in [5.41, 5.74) is 0.879. The predicted octanol–water partition coefficient (Wildman–Crippen LogP) is -0.852. The van der Waals surface area contributed by atoms with Gasteiger partial charge in [-0.25, -0.2) is 0 Å². The Labute approximate surface area is 151 Å². The first-order chi connectivity index (χ1) is 11.3. The molecule has 0 fully saturated rings. The molecule has 7 nitrogen and oxygen atoms in total. The Morgan fingerprint density at radius 3 is 2.12 bits per heavy atom. The summed E-state index contributed by atoms with van der Waals surface area (Å²) in [5, 5.41) is 47.7. The summed E-state index contributed by atoms with van der Waals surface area (Å²) in [5.74, 6) is 0.704. The molecule has 0 amide bonds. The Hall–Kier alpha value is -0.940. The van der Waals surface area contributed by atoms with E-state index in [9.17, 15) is 20.4 Å². The van der Waals surface area contributed by atoms with E-state index in [4.69, 9.17) is 22.1 Å². The minimum absolute atomic E-state index is 0.106. The van der Waals surface area contributed by atoms with Crippen LogP contribution in [0.4, 0.5) is 0 Å². The summed E-state index contributed by atoms with van der Waals surface area (Å²) in [7, 11) is 1.56. The summed E-state index contributed by atoms with van der Waals surface area (Å²) >= 11 is 9.13. The molecule has 0 aliphatic heterocycles. The van der Waals surface area contributed by atoms with Gasteiger partial charge in [0.1, 0.15) is 34.5 Å². The van der Waals surface area contributed by atoms with Gasteiger partial charge in [0.05, 0.1) is 13.7 Å². The van der Waals surface area contributed by atoms with E-state index in [1.54, 1.807) is 19.2 Å². The molecule has 1 rings (SSSR count). The van der Waals surface area contributed by atoms with Crippen molar-refractivity contribution in [1.82, 2.24) is 4.90 Å². The predicted molar refractivity (Wildman–Crippen MR) is 96.1 cm³/mol. The Balaban J connectivity index is 2.72. The maximum atomic E-state index is 10.1. The second-order valence-corrected chi connectivity index (χ2v) is 6.42. The van der Waals surface area contributed by atoms with Gasteiger partial charge in [0.15, 0.2) is 0 Å². The second-order valence-electron chi connectivity index (χ2n) is 5.31. The van der Waals surface area contributed by atoms with Crippen molar-refractivity contribution in [1.29, 1.82) is 0 Å². The number of thiocarbonyl (C=S) groups is 1. The number of hydrogen-bond acceptors (Lipinski definition) is 7. The van der Waals surface area contributed by atoms with Crippen LogP contribution in [0, 0.1) is 0 Å². The summed E-state index contributed by atoms with van der Waals surface area (Å²) in [6.45, 7) is -0.509. The van der Waals surface area contributed by atoms with Crippen molar-refractivity contribution in [3.63, 3.8) is 0 Å². The molecule has 1 aromatic rings. The lowest BCUT2D eigenvalue weighted by molar-refractivity contribution is -0.117. The molecule has 0 unspecified atom stereocenters. The molecule has 4 atom stereocenters. The average molecular weight is 377 g/mol. The molecule has 0 heterocycles. The lowest BCUT2D eigenvalue weighted by Gasteiger charge is -2.30. The molecular weight excluding hydrogens is 354 g/mol. The summed E-state index contributed by atoms with van der Waals surface area (Å²) in [6, 6.07) is 7.21. The van der Waals surface area contributed by atoms with E-state index in [0.29, 0.717) is 12.3 Å². The monoisotopic (exact) mass is 377 g/mol. The van der Waals surface area contributed by atoms with Crippen molar-refractivity contribution in [2.24, 2.45) is 0 Å². The fourth-order valence-corrected chi connectivity index (χ4v) is 2.35. The van der Waals surface area contributed by atoms with Gasteiger partial charge in [-0.15, -0.1) is 12.6 Å². The first-order valence-electron chi connectivity index (χ1n) is 7.24. The van der Waals surface area contributed by atoms with Crippen molar-refractivity contribution >= 4 is 29.2 Å². The van der Waals surface area contributed by atoms with Crippen LogP contribution in [0.25, 0.3) is 0 Å². The molecule has 0 saturated carbocycles. The van der Waals surface area contributed by atoms with Crippen LogP contribution in [0.3, 0.4) is 0 Å². The van der Waals surface area contributed by atoms with Crippen molar-refractivity contribution in [2.45, 2.75) is 31.0 Å². The highest BCUT2D eigenvalue weighted by Crippen LogP contribution is 2.15. The molecule has 1 aromatic carbocycles. The normalized spacial score (nSPS) is 16.1. The van der Waals surface area contributed by atoms with Gasteiger partial charge in [0, 0.05) is 13.1 Å². The summed E-state index contributed by atoms with van der Waals surface area (Å²) < 4.78 is 5.28. The second kappa shape index (κ2) is 10.1. The van der Waals surface area contributed by atoms with E-state index >= 15 is 0 Å². The lowest BCUT2D eigenvalue weighted by Crippen LogP contribution is -2.49. The van der Waals surface area contributed by atoms with E-state index in [2.05, 4.69) is 12.6 Å². The highest BCUT2D eigenvalue weighted by Gasteiger charge is 2.31. The Bertz CT molecular complexity index is 515. The van der Waals surface area contributed by atoms with Crippen molar-refractivity contribution in [3.05, 3.63) is 29.8 Å². The van der Waals surface area contributed by atoms with Crippen LogP contribution in [0.15, 0.2) is 24.3 Å². The number of aliphatic hydroxyl groups is 5. The quantitative estimate of drug-likeness (QED) is 0.244. The topological polar surface area (TPSA) is 114 Å². The zero-order valence-corrected chi connectivity index (χ0v) is 14.9. The minimum Gasteiger partial charge on any atom is -0.497 e. The molecule has 5 N–H and O–H groups in total. The van der Waals surface area contributed by atoms with Gasteiger partial charge in [-0.3, -0.25) is 0 Å². The van der Waals surface area contributed by atoms with Crippen LogP contribution in [-0.4, -0.2) is 79.4 Å². The number of rotatable bonds is 9. The van der Waals surface area contributed by atoms with E-state index < -0.39 is 31.0 Å². The Morgan fingerprint density at radius 1 is 1.12 bits per heavy atom. The van der Waals surface area contributed by atoms with Crippen molar-refractivity contribution < 1.29 is 30.3 Å². The zero-order valence-electron chi connectivity index (χ0n) is 13.2. The number of hydrogen-bond donors (Lipinski definition) is 6. The molecule has 9 heteroatoms. The Morgan fingerprint density at radius 2 is 1.67 bits per heavy atom. The number of thiol groups is 1. The molecule has 0 aromatic heterocycles. The molecular formula is C15H23NO6S2. The fraction of sp³-hybridized carbons (Fsp3) is 0.533. The van der Waals surface area contributed by atoms with E-state index in [0.717, 1.165) is 5.56 Å². The largest absolute Gasteiger partial charge is 0.497 e. The van der Waals surface area contributed by atoms with Crippen LogP contribution in [-0.2, 0) is 6.54 Å². The van der Waals surface area contributed by atoms with Gasteiger partial charge in [0.25, 0.3) is 0 Å². The van der Waals surface area contributed by atoms with Gasteiger partial charge in [-0.1, -0.05) is 24.4 Å². The molecule has 136 valence electrons. The smallest absolute Gasteiger partial charge is 0.133 e. The van der Waals surface area contributed by atoms with E-state index in [-0.39, 0.29) is 10.9 Å². The van der Waals surface area contributed by atoms with Gasteiger partial charge in [0.2, 0.25) is 0 Å². The maximum Gasteiger partial charge on any atom is 0.133 e. The fourth-order valence-electron chi connectivity index (χ4n) is 2.06. The average Bonchev–Trinajstić information content (AvgIpc) is 2.59. The van der Waals surface area contributed by atoms with Crippen molar-refractivity contribution in [3.8, 4) is 5.75 Å². The molecule has 0 aliphatic carbocycles. The minimum atomic E-state index is -1.68. The van der Waals surface area contributed by atoms with Crippen LogP contribution in [0.2, 0.25) is 0 Å². The van der Waals surface area contributed by atoms with Gasteiger partial charge < -0.3 is 35.2 Å². The summed E-state index contributed by atoms with van der Waals surface area (Å²) in [4.78, 5) is 1.53. The third-order valence-corrected chi connectivity index (χ3v) is 4.08. The number of methoxy groups -OCH3 is 1. The third-order valence-electron chi connectivity index (χ3n) is 3.54.